The highest BCUT2D eigenvalue weighted by Crippen LogP contribution is 2.39. The number of para-hydroxylation sites is 3. The first kappa shape index (κ1) is 28.3. The van der Waals surface area contributed by atoms with Gasteiger partial charge < -0.3 is 4.42 Å². The minimum atomic E-state index is 0.644. The molecule has 3 aromatic heterocycles. The smallest absolute Gasteiger partial charge is 0.235 e. The van der Waals surface area contributed by atoms with Crippen molar-refractivity contribution in [3.63, 3.8) is 0 Å². The highest BCUT2D eigenvalue weighted by molar-refractivity contribution is 6.11. The minimum absolute atomic E-state index is 0.644. The monoisotopic (exact) mass is 639 g/mol. The van der Waals surface area contributed by atoms with E-state index in [4.69, 9.17) is 14.4 Å². The second kappa shape index (κ2) is 11.4. The molecule has 234 valence electrons. The van der Waals surface area contributed by atoms with Crippen molar-refractivity contribution in [2.45, 2.75) is 0 Å². The Morgan fingerprint density at radius 2 is 0.960 bits per heavy atom. The predicted molar refractivity (Wildman–Crippen MR) is 205 cm³/mol. The average Bonchev–Trinajstić information content (AvgIpc) is 3.74. The summed E-state index contributed by atoms with van der Waals surface area (Å²) in [6.07, 6.45) is 0. The molecule has 0 N–H and O–H groups in total. The van der Waals surface area contributed by atoms with E-state index in [2.05, 4.69) is 132 Å². The van der Waals surface area contributed by atoms with Crippen LogP contribution >= 0.6 is 0 Å². The third kappa shape index (κ3) is 4.61. The summed E-state index contributed by atoms with van der Waals surface area (Å²) in [6, 6.07) is 61.4. The number of rotatable bonds is 5. The summed E-state index contributed by atoms with van der Waals surface area (Å²) in [7, 11) is 0. The van der Waals surface area contributed by atoms with E-state index in [-0.39, 0.29) is 0 Å². The molecular formula is C46H29N3O. The molecular weight excluding hydrogens is 611 g/mol. The van der Waals surface area contributed by atoms with Crippen LogP contribution in [0.4, 0.5) is 0 Å². The maximum absolute atomic E-state index is 6.39. The number of hydrogen-bond acceptors (Lipinski definition) is 3. The average molecular weight is 640 g/mol. The largest absolute Gasteiger partial charge is 0.455 e. The van der Waals surface area contributed by atoms with E-state index in [1.54, 1.807) is 0 Å². The molecule has 0 saturated carbocycles. The summed E-state index contributed by atoms with van der Waals surface area (Å²) in [5.74, 6) is 0.644. The van der Waals surface area contributed by atoms with Gasteiger partial charge >= 0.3 is 0 Å². The van der Waals surface area contributed by atoms with E-state index in [0.29, 0.717) is 5.95 Å². The van der Waals surface area contributed by atoms with Crippen LogP contribution in [0.2, 0.25) is 0 Å². The Bertz CT molecular complexity index is 2810. The van der Waals surface area contributed by atoms with Crippen LogP contribution in [-0.4, -0.2) is 14.5 Å². The van der Waals surface area contributed by atoms with Gasteiger partial charge in [-0.15, -0.1) is 0 Å². The molecule has 0 radical (unpaired) electrons. The number of fused-ring (bicyclic) bond motifs is 6. The first-order valence-corrected chi connectivity index (χ1v) is 16.8. The number of nitrogens with zero attached hydrogens (tertiary/aromatic N) is 3. The number of furan rings is 1. The Morgan fingerprint density at radius 3 is 1.74 bits per heavy atom. The fourth-order valence-electron chi connectivity index (χ4n) is 7.26. The lowest BCUT2D eigenvalue weighted by atomic mass is 9.97. The third-order valence-corrected chi connectivity index (χ3v) is 9.64. The molecule has 10 rings (SSSR count). The topological polar surface area (TPSA) is 43.9 Å². The zero-order valence-corrected chi connectivity index (χ0v) is 27.0. The Hall–Kier alpha value is -6.78. The first-order valence-electron chi connectivity index (χ1n) is 16.8. The Balaban J connectivity index is 1.14. The lowest BCUT2D eigenvalue weighted by Crippen LogP contribution is -2.03. The Kier molecular flexibility index (Phi) is 6.46. The van der Waals surface area contributed by atoms with Crippen LogP contribution in [0.5, 0.6) is 0 Å². The van der Waals surface area contributed by atoms with E-state index in [1.165, 1.54) is 0 Å². The molecule has 0 unspecified atom stereocenters. The van der Waals surface area contributed by atoms with Crippen molar-refractivity contribution < 1.29 is 4.42 Å². The summed E-state index contributed by atoms with van der Waals surface area (Å²) < 4.78 is 8.59. The molecule has 10 aromatic rings. The first-order chi connectivity index (χ1) is 24.8. The quantitative estimate of drug-likeness (QED) is 0.188. The number of aromatic nitrogens is 3. The van der Waals surface area contributed by atoms with Crippen molar-refractivity contribution in [1.82, 2.24) is 14.5 Å². The summed E-state index contributed by atoms with van der Waals surface area (Å²) in [6.45, 7) is 0. The van der Waals surface area contributed by atoms with Crippen molar-refractivity contribution in [3.8, 4) is 50.7 Å². The minimum Gasteiger partial charge on any atom is -0.455 e. The number of hydrogen-bond donors (Lipinski definition) is 0. The third-order valence-electron chi connectivity index (χ3n) is 9.64. The predicted octanol–water partition coefficient (Wildman–Crippen LogP) is 12.1. The van der Waals surface area contributed by atoms with Crippen molar-refractivity contribution in [2.75, 3.05) is 0 Å². The molecule has 0 spiro atoms. The molecule has 4 heteroatoms. The fourth-order valence-corrected chi connectivity index (χ4v) is 7.26. The van der Waals surface area contributed by atoms with E-state index < -0.39 is 0 Å². The Labute approximate surface area is 288 Å². The van der Waals surface area contributed by atoms with Crippen molar-refractivity contribution >= 4 is 43.7 Å². The molecule has 0 atom stereocenters. The molecule has 7 aromatic carbocycles. The van der Waals surface area contributed by atoms with Gasteiger partial charge in [0.1, 0.15) is 11.2 Å². The number of benzene rings is 7. The second-order valence-corrected chi connectivity index (χ2v) is 12.6. The van der Waals surface area contributed by atoms with Crippen molar-refractivity contribution in [2.24, 2.45) is 0 Å². The summed E-state index contributed by atoms with van der Waals surface area (Å²) >= 11 is 0. The van der Waals surface area contributed by atoms with Crippen molar-refractivity contribution in [1.29, 1.82) is 0 Å². The maximum Gasteiger partial charge on any atom is 0.235 e. The normalized spacial score (nSPS) is 11.6. The van der Waals surface area contributed by atoms with Gasteiger partial charge in [0.25, 0.3) is 0 Å². The van der Waals surface area contributed by atoms with Crippen LogP contribution in [0.25, 0.3) is 94.5 Å². The van der Waals surface area contributed by atoms with Crippen LogP contribution in [-0.2, 0) is 0 Å². The van der Waals surface area contributed by atoms with Crippen LogP contribution in [0.15, 0.2) is 180 Å². The highest BCUT2D eigenvalue weighted by Gasteiger charge is 2.18. The SMILES string of the molecule is c1ccc(-c2cc(-c3ccccc3)nc(-n3c4ccccc4c4cc(-c5cccc(-c6cccc7c6oc6ccccc67)c5)ccc43)n2)cc1. The highest BCUT2D eigenvalue weighted by atomic mass is 16.3. The van der Waals surface area contributed by atoms with Crippen LogP contribution in [0, 0.1) is 0 Å². The lowest BCUT2D eigenvalue weighted by molar-refractivity contribution is 0.670. The van der Waals surface area contributed by atoms with Gasteiger partial charge in [0.05, 0.1) is 22.4 Å². The molecule has 0 aliphatic rings. The van der Waals surface area contributed by atoms with Gasteiger partial charge in [-0.25, -0.2) is 9.97 Å². The molecule has 3 heterocycles. The van der Waals surface area contributed by atoms with E-state index >= 15 is 0 Å². The van der Waals surface area contributed by atoms with Gasteiger partial charge in [0.2, 0.25) is 5.95 Å². The van der Waals surface area contributed by atoms with Crippen LogP contribution in [0.1, 0.15) is 0 Å². The van der Waals surface area contributed by atoms with Gasteiger partial charge in [0.15, 0.2) is 0 Å². The van der Waals surface area contributed by atoms with E-state index in [1.807, 2.05) is 48.5 Å². The van der Waals surface area contributed by atoms with Gasteiger partial charge in [-0.3, -0.25) is 4.57 Å². The maximum atomic E-state index is 6.39. The molecule has 50 heavy (non-hydrogen) atoms. The second-order valence-electron chi connectivity index (χ2n) is 12.6. The molecule has 0 fully saturated rings. The van der Waals surface area contributed by atoms with Crippen molar-refractivity contribution in [3.05, 3.63) is 176 Å². The molecule has 0 bridgehead atoms. The lowest BCUT2D eigenvalue weighted by Gasteiger charge is -2.12. The van der Waals surface area contributed by atoms with Gasteiger partial charge in [-0.2, -0.15) is 0 Å². The summed E-state index contributed by atoms with van der Waals surface area (Å²) in [5.41, 5.74) is 12.3. The molecule has 0 aliphatic carbocycles. The summed E-state index contributed by atoms with van der Waals surface area (Å²) in [5, 5.41) is 4.57. The van der Waals surface area contributed by atoms with Gasteiger partial charge in [0, 0.05) is 38.2 Å². The van der Waals surface area contributed by atoms with E-state index in [9.17, 15) is 0 Å². The fraction of sp³-hybridized carbons (Fsp3) is 0. The zero-order chi connectivity index (χ0) is 33.0. The molecule has 4 nitrogen and oxygen atoms in total. The summed E-state index contributed by atoms with van der Waals surface area (Å²) in [4.78, 5) is 10.4. The Morgan fingerprint density at radius 1 is 0.380 bits per heavy atom. The molecule has 0 saturated heterocycles. The zero-order valence-electron chi connectivity index (χ0n) is 27.0. The van der Waals surface area contributed by atoms with E-state index in [0.717, 1.165) is 88.5 Å². The standard InChI is InChI=1S/C46H29N3O/c1-3-13-30(14-4-1)40-29-41(31-15-5-2-6-16-31)48-46(47-40)49-42-23-9-7-19-36(42)39-28-33(25-26-43(39)49)32-17-11-18-34(27-32)35-21-12-22-38-37-20-8-10-24-44(37)50-45(35)38/h1-29H. The molecule has 0 aliphatic heterocycles. The van der Waals surface area contributed by atoms with Crippen LogP contribution in [0.3, 0.4) is 0 Å². The van der Waals surface area contributed by atoms with Crippen LogP contribution < -0.4 is 0 Å². The molecule has 0 amide bonds. The van der Waals surface area contributed by atoms with Gasteiger partial charge in [-0.1, -0.05) is 140 Å². The van der Waals surface area contributed by atoms with Gasteiger partial charge in [-0.05, 0) is 53.1 Å².